The molecular formula is C21H33N3O2. The van der Waals surface area contributed by atoms with Gasteiger partial charge < -0.3 is 15.5 Å². The first kappa shape index (κ1) is 20.3. The summed E-state index contributed by atoms with van der Waals surface area (Å²) in [6.45, 7) is 8.91. The molecule has 1 heterocycles. The lowest BCUT2D eigenvalue weighted by molar-refractivity contribution is -0.136. The molecule has 0 radical (unpaired) electrons. The van der Waals surface area contributed by atoms with Crippen LogP contribution in [0.15, 0.2) is 30.3 Å². The van der Waals surface area contributed by atoms with Gasteiger partial charge in [0.1, 0.15) is 6.04 Å². The van der Waals surface area contributed by atoms with Crippen LogP contribution >= 0.6 is 0 Å². The van der Waals surface area contributed by atoms with Crippen molar-refractivity contribution in [1.29, 1.82) is 0 Å². The number of hydrogen-bond donors (Lipinski definition) is 2. The van der Waals surface area contributed by atoms with Gasteiger partial charge in [0.05, 0.1) is 6.04 Å². The molecule has 1 aromatic rings. The Labute approximate surface area is 157 Å². The second-order valence-corrected chi connectivity index (χ2v) is 7.81. The van der Waals surface area contributed by atoms with Crippen molar-refractivity contribution in [3.8, 4) is 0 Å². The van der Waals surface area contributed by atoms with E-state index in [1.165, 1.54) is 6.42 Å². The number of amides is 3. The van der Waals surface area contributed by atoms with Gasteiger partial charge in [0, 0.05) is 12.6 Å². The van der Waals surface area contributed by atoms with E-state index in [0.29, 0.717) is 5.92 Å². The van der Waals surface area contributed by atoms with Crippen LogP contribution in [0.3, 0.4) is 0 Å². The fourth-order valence-corrected chi connectivity index (χ4v) is 3.57. The smallest absolute Gasteiger partial charge is 0.315 e. The number of rotatable bonds is 6. The quantitative estimate of drug-likeness (QED) is 0.810. The summed E-state index contributed by atoms with van der Waals surface area (Å²) in [5, 5.41) is 5.87. The number of carbonyl (C=O) groups is 2. The van der Waals surface area contributed by atoms with Gasteiger partial charge in [-0.3, -0.25) is 4.79 Å². The molecule has 5 nitrogen and oxygen atoms in total. The van der Waals surface area contributed by atoms with Crippen LogP contribution in [-0.2, 0) is 4.79 Å². The minimum atomic E-state index is -0.522. The first-order valence-electron chi connectivity index (χ1n) is 9.81. The predicted molar refractivity (Wildman–Crippen MR) is 105 cm³/mol. The highest BCUT2D eigenvalue weighted by Gasteiger charge is 2.28. The standard InChI is InChI=1S/C21H33N3O2/c1-15(2)14-19(18-11-6-5-7-12-18)23-21(26)22-17(4)20(25)24-13-9-8-10-16(24)3/h5-7,11-12,15-17,19H,8-10,13-14H2,1-4H3,(H2,22,23,26). The molecule has 0 bridgehead atoms. The first-order valence-corrected chi connectivity index (χ1v) is 9.81. The number of carbonyl (C=O) groups excluding carboxylic acids is 2. The van der Waals surface area contributed by atoms with E-state index in [9.17, 15) is 9.59 Å². The molecule has 3 amide bonds. The molecule has 5 heteroatoms. The Bertz CT molecular complexity index is 588. The average Bonchev–Trinajstić information content (AvgIpc) is 2.61. The van der Waals surface area contributed by atoms with E-state index < -0.39 is 6.04 Å². The molecule has 1 aromatic carbocycles. The van der Waals surface area contributed by atoms with Crippen molar-refractivity contribution in [2.45, 2.75) is 71.5 Å². The molecule has 1 saturated heterocycles. The molecule has 1 aliphatic rings. The van der Waals surface area contributed by atoms with Crippen LogP contribution < -0.4 is 10.6 Å². The minimum absolute atomic E-state index is 0.00692. The van der Waals surface area contributed by atoms with E-state index in [1.807, 2.05) is 35.2 Å². The first-order chi connectivity index (χ1) is 12.4. The van der Waals surface area contributed by atoms with Crippen LogP contribution in [0.2, 0.25) is 0 Å². The monoisotopic (exact) mass is 359 g/mol. The lowest BCUT2D eigenvalue weighted by Crippen LogP contribution is -2.53. The Morgan fingerprint density at radius 3 is 2.42 bits per heavy atom. The zero-order valence-corrected chi connectivity index (χ0v) is 16.5. The zero-order chi connectivity index (χ0) is 19.1. The summed E-state index contributed by atoms with van der Waals surface area (Å²) in [5.74, 6) is 0.459. The highest BCUT2D eigenvalue weighted by molar-refractivity contribution is 5.87. The lowest BCUT2D eigenvalue weighted by Gasteiger charge is -2.35. The van der Waals surface area contributed by atoms with Crippen LogP contribution in [0.5, 0.6) is 0 Å². The van der Waals surface area contributed by atoms with Crippen LogP contribution in [0.1, 0.15) is 65.0 Å². The molecule has 0 saturated carbocycles. The Morgan fingerprint density at radius 1 is 1.12 bits per heavy atom. The van der Waals surface area contributed by atoms with E-state index in [2.05, 4.69) is 31.4 Å². The summed E-state index contributed by atoms with van der Waals surface area (Å²) in [6, 6.07) is 9.36. The lowest BCUT2D eigenvalue weighted by atomic mass is 9.97. The molecule has 1 fully saturated rings. The van der Waals surface area contributed by atoms with Gasteiger partial charge in [-0.1, -0.05) is 44.2 Å². The van der Waals surface area contributed by atoms with Crippen LogP contribution in [-0.4, -0.2) is 35.5 Å². The van der Waals surface area contributed by atoms with Crippen LogP contribution in [0.4, 0.5) is 4.79 Å². The Balaban J connectivity index is 1.95. The number of hydrogen-bond acceptors (Lipinski definition) is 2. The fraction of sp³-hybridized carbons (Fsp3) is 0.619. The minimum Gasteiger partial charge on any atom is -0.338 e. The van der Waals surface area contributed by atoms with Crippen molar-refractivity contribution in [3.63, 3.8) is 0 Å². The number of benzene rings is 1. The van der Waals surface area contributed by atoms with Crippen molar-refractivity contribution in [1.82, 2.24) is 15.5 Å². The summed E-state index contributed by atoms with van der Waals surface area (Å²) >= 11 is 0. The number of nitrogens with zero attached hydrogens (tertiary/aromatic N) is 1. The summed E-state index contributed by atoms with van der Waals surface area (Å²) in [6.07, 6.45) is 4.10. The molecule has 2 N–H and O–H groups in total. The van der Waals surface area contributed by atoms with Gasteiger partial charge in [-0.2, -0.15) is 0 Å². The zero-order valence-electron chi connectivity index (χ0n) is 16.5. The molecule has 0 aromatic heterocycles. The van der Waals surface area contributed by atoms with E-state index >= 15 is 0 Å². The van der Waals surface area contributed by atoms with Crippen LogP contribution in [0, 0.1) is 5.92 Å². The number of urea groups is 1. The molecule has 3 unspecified atom stereocenters. The summed E-state index contributed by atoms with van der Waals surface area (Å²) in [4.78, 5) is 27.1. The third-order valence-electron chi connectivity index (χ3n) is 5.02. The topological polar surface area (TPSA) is 61.4 Å². The van der Waals surface area contributed by atoms with Gasteiger partial charge in [0.15, 0.2) is 0 Å². The Hall–Kier alpha value is -2.04. The van der Waals surface area contributed by atoms with Gasteiger partial charge in [0.2, 0.25) is 5.91 Å². The third-order valence-corrected chi connectivity index (χ3v) is 5.02. The second-order valence-electron chi connectivity index (χ2n) is 7.81. The van der Waals surface area contributed by atoms with Crippen molar-refractivity contribution >= 4 is 11.9 Å². The molecule has 2 rings (SSSR count). The van der Waals surface area contributed by atoms with Gasteiger partial charge in [-0.25, -0.2) is 4.79 Å². The van der Waals surface area contributed by atoms with Crippen LogP contribution in [0.25, 0.3) is 0 Å². The highest BCUT2D eigenvalue weighted by atomic mass is 16.2. The summed E-state index contributed by atoms with van der Waals surface area (Å²) in [5.41, 5.74) is 1.08. The van der Waals surface area contributed by atoms with Crippen molar-refractivity contribution in [2.24, 2.45) is 5.92 Å². The van der Waals surface area contributed by atoms with E-state index in [-0.39, 0.29) is 24.0 Å². The molecule has 26 heavy (non-hydrogen) atoms. The maximum Gasteiger partial charge on any atom is 0.315 e. The van der Waals surface area contributed by atoms with Gasteiger partial charge >= 0.3 is 6.03 Å². The molecule has 0 aliphatic carbocycles. The molecule has 1 aliphatic heterocycles. The molecular weight excluding hydrogens is 326 g/mol. The van der Waals surface area contributed by atoms with E-state index in [0.717, 1.165) is 31.4 Å². The molecule has 0 spiro atoms. The second kappa shape index (κ2) is 9.60. The van der Waals surface area contributed by atoms with E-state index in [1.54, 1.807) is 6.92 Å². The number of likely N-dealkylation sites (tertiary alicyclic amines) is 1. The van der Waals surface area contributed by atoms with E-state index in [4.69, 9.17) is 0 Å². The maximum absolute atomic E-state index is 12.7. The highest BCUT2D eigenvalue weighted by Crippen LogP contribution is 2.21. The average molecular weight is 360 g/mol. The molecule has 3 atom stereocenters. The molecule has 144 valence electrons. The van der Waals surface area contributed by atoms with Gasteiger partial charge in [-0.05, 0) is 51.0 Å². The maximum atomic E-state index is 12.7. The predicted octanol–water partition coefficient (Wildman–Crippen LogP) is 3.86. The van der Waals surface area contributed by atoms with Gasteiger partial charge in [0.25, 0.3) is 0 Å². The Kier molecular flexibility index (Phi) is 7.49. The summed E-state index contributed by atoms with van der Waals surface area (Å²) in [7, 11) is 0. The normalized spacial score (nSPS) is 19.7. The third kappa shape index (κ3) is 5.75. The van der Waals surface area contributed by atoms with Crippen molar-refractivity contribution in [2.75, 3.05) is 6.54 Å². The SMILES string of the molecule is CC(C)CC(NC(=O)NC(C)C(=O)N1CCCCC1C)c1ccccc1. The van der Waals surface area contributed by atoms with Crippen molar-refractivity contribution < 1.29 is 9.59 Å². The largest absolute Gasteiger partial charge is 0.338 e. The number of nitrogens with one attached hydrogen (secondary N) is 2. The fourth-order valence-electron chi connectivity index (χ4n) is 3.57. The number of piperidine rings is 1. The Morgan fingerprint density at radius 2 is 1.81 bits per heavy atom. The summed E-state index contributed by atoms with van der Waals surface area (Å²) < 4.78 is 0. The van der Waals surface area contributed by atoms with Crippen molar-refractivity contribution in [3.05, 3.63) is 35.9 Å². The van der Waals surface area contributed by atoms with Gasteiger partial charge in [-0.15, -0.1) is 0 Å².